The first-order chi connectivity index (χ1) is 15.0. The number of hydrogen-bond donors (Lipinski definition) is 3. The molecule has 0 fully saturated rings. The highest BCUT2D eigenvalue weighted by atomic mass is 32.2. The van der Waals surface area contributed by atoms with E-state index in [0.717, 1.165) is 0 Å². The SMILES string of the molecule is COCCOCCOCCOc1ccc(C2=[NH+][C@@](C)(C(=O)O)CS2)c(O)c1.CS(=O)(=O)[O-]. The molecule has 1 aliphatic heterocycles. The summed E-state index contributed by atoms with van der Waals surface area (Å²) in [5, 5.41) is 20.2. The smallest absolute Gasteiger partial charge is 0.376 e. The zero-order valence-corrected chi connectivity index (χ0v) is 19.8. The van der Waals surface area contributed by atoms with E-state index >= 15 is 0 Å². The molecular weight excluding hydrogens is 466 g/mol. The molecule has 0 bridgehead atoms. The van der Waals surface area contributed by atoms with Crippen molar-refractivity contribution < 1.29 is 51.9 Å². The van der Waals surface area contributed by atoms with Gasteiger partial charge in [0.1, 0.15) is 18.1 Å². The van der Waals surface area contributed by atoms with Crippen molar-refractivity contribution in [2.24, 2.45) is 0 Å². The molecule has 0 amide bonds. The Morgan fingerprint density at radius 2 is 1.75 bits per heavy atom. The summed E-state index contributed by atoms with van der Waals surface area (Å²) >= 11 is 1.37. The van der Waals surface area contributed by atoms with Gasteiger partial charge in [-0.3, -0.25) is 0 Å². The Morgan fingerprint density at radius 3 is 2.25 bits per heavy atom. The van der Waals surface area contributed by atoms with Crippen LogP contribution in [0.25, 0.3) is 0 Å². The quantitative estimate of drug-likeness (QED) is 0.241. The number of carboxylic acids is 1. The van der Waals surface area contributed by atoms with E-state index in [0.29, 0.717) is 68.0 Å². The fourth-order valence-corrected chi connectivity index (χ4v) is 3.53. The predicted octanol–water partition coefficient (Wildman–Crippen LogP) is -0.971. The number of aliphatic carboxylic acids is 1. The first kappa shape index (κ1) is 28.1. The monoisotopic (exact) mass is 495 g/mol. The van der Waals surface area contributed by atoms with Gasteiger partial charge in [-0.05, 0) is 23.9 Å². The molecule has 0 spiro atoms. The van der Waals surface area contributed by atoms with E-state index in [2.05, 4.69) is 4.99 Å². The van der Waals surface area contributed by atoms with Crippen LogP contribution in [0, 0.1) is 0 Å². The average molecular weight is 496 g/mol. The van der Waals surface area contributed by atoms with Gasteiger partial charge < -0.3 is 33.7 Å². The Morgan fingerprint density at radius 1 is 1.19 bits per heavy atom. The van der Waals surface area contributed by atoms with Crippen molar-refractivity contribution >= 4 is 32.9 Å². The van der Waals surface area contributed by atoms with Gasteiger partial charge >= 0.3 is 5.97 Å². The summed E-state index contributed by atoms with van der Waals surface area (Å²) in [5.74, 6) is 0.0148. The molecule has 11 nitrogen and oxygen atoms in total. The zero-order valence-electron chi connectivity index (χ0n) is 18.2. The maximum atomic E-state index is 11.3. The molecule has 13 heteroatoms. The summed E-state index contributed by atoms with van der Waals surface area (Å²) < 4.78 is 48.3. The van der Waals surface area contributed by atoms with Crippen LogP contribution in [0.4, 0.5) is 0 Å². The van der Waals surface area contributed by atoms with Crippen molar-refractivity contribution in [3.8, 4) is 11.5 Å². The molecule has 1 aromatic rings. The highest BCUT2D eigenvalue weighted by molar-refractivity contribution is 8.14. The molecule has 0 radical (unpaired) electrons. The first-order valence-corrected chi connectivity index (χ1v) is 12.3. The van der Waals surface area contributed by atoms with Gasteiger partial charge in [0.15, 0.2) is 0 Å². The number of phenols is 1. The van der Waals surface area contributed by atoms with Gasteiger partial charge in [-0.1, -0.05) is 0 Å². The number of hydrogen-bond acceptors (Lipinski definition) is 10. The van der Waals surface area contributed by atoms with E-state index in [1.165, 1.54) is 17.8 Å². The second-order valence-electron chi connectivity index (χ2n) is 6.83. The van der Waals surface area contributed by atoms with Gasteiger partial charge in [-0.2, -0.15) is 0 Å². The van der Waals surface area contributed by atoms with E-state index in [1.807, 2.05) is 0 Å². The highest BCUT2D eigenvalue weighted by Crippen LogP contribution is 2.28. The third kappa shape index (κ3) is 11.1. The number of benzene rings is 1. The molecule has 1 atom stereocenters. The van der Waals surface area contributed by atoms with Crippen LogP contribution in [-0.2, 0) is 29.1 Å². The number of ether oxygens (including phenoxy) is 4. The number of phenolic OH excluding ortho intramolecular Hbond substituents is 1. The molecule has 1 aromatic carbocycles. The molecule has 32 heavy (non-hydrogen) atoms. The molecule has 2 rings (SSSR count). The Labute approximate surface area is 191 Å². The fourth-order valence-electron chi connectivity index (χ4n) is 2.28. The van der Waals surface area contributed by atoms with Crippen LogP contribution < -0.4 is 9.73 Å². The van der Waals surface area contributed by atoms with E-state index in [1.54, 1.807) is 26.2 Å². The summed E-state index contributed by atoms with van der Waals surface area (Å²) in [5.41, 5.74) is -0.478. The third-order valence-corrected chi connectivity index (χ3v) is 5.21. The van der Waals surface area contributed by atoms with Crippen LogP contribution in [0.15, 0.2) is 18.2 Å². The normalized spacial score (nSPS) is 17.9. The molecule has 0 saturated carbocycles. The number of carboxylic acid groups (broad SMARTS) is 1. The van der Waals surface area contributed by atoms with Crippen molar-refractivity contribution in [3.05, 3.63) is 23.8 Å². The van der Waals surface area contributed by atoms with Crippen LogP contribution in [-0.4, -0.2) is 98.5 Å². The van der Waals surface area contributed by atoms with Crippen LogP contribution >= 0.6 is 11.8 Å². The number of thioether (sulfide) groups is 1. The first-order valence-electron chi connectivity index (χ1n) is 9.49. The minimum absolute atomic E-state index is 0.0320. The lowest BCUT2D eigenvalue weighted by molar-refractivity contribution is -0.520. The minimum atomic E-state index is -3.92. The summed E-state index contributed by atoms with van der Waals surface area (Å²) in [6, 6.07) is 4.95. The van der Waals surface area contributed by atoms with Gasteiger partial charge in [0.25, 0.3) is 5.54 Å². The number of nitrogens with one attached hydrogen (secondary N) is 1. The Hall–Kier alpha value is -1.90. The van der Waals surface area contributed by atoms with Crippen LogP contribution in [0.5, 0.6) is 11.5 Å². The predicted molar refractivity (Wildman–Crippen MR) is 116 cm³/mol. The molecule has 0 aromatic heterocycles. The number of methoxy groups -OCH3 is 1. The standard InChI is InChI=1S/C18H25NO7S.CH4O3S/c1-18(17(21)22)12-27-16(19-18)14-4-3-13(11-15(14)20)26-10-9-25-8-7-24-6-5-23-2;1-5(2,3)4/h3-4,11,20H,5-10,12H2,1-2H3,(H,21,22);1H3,(H,2,3,4)/t18-;/m1./s1. The number of carbonyl (C=O) groups is 1. The second-order valence-corrected chi connectivity index (χ2v) is 9.22. The summed E-state index contributed by atoms with van der Waals surface area (Å²) in [6.45, 7) is 4.44. The highest BCUT2D eigenvalue weighted by Gasteiger charge is 2.45. The fraction of sp³-hybridized carbons (Fsp3) is 0.579. The molecule has 182 valence electrons. The van der Waals surface area contributed by atoms with E-state index in [9.17, 15) is 15.0 Å². The van der Waals surface area contributed by atoms with Gasteiger partial charge in [0, 0.05) is 26.4 Å². The van der Waals surface area contributed by atoms with Crippen LogP contribution in [0.3, 0.4) is 0 Å². The maximum Gasteiger partial charge on any atom is 0.376 e. The van der Waals surface area contributed by atoms with Gasteiger partial charge in [0.2, 0.25) is 5.04 Å². The summed E-state index contributed by atoms with van der Waals surface area (Å²) in [7, 11) is -2.30. The second kappa shape index (κ2) is 13.6. The molecule has 0 unspecified atom stereocenters. The van der Waals surface area contributed by atoms with E-state index in [-0.39, 0.29) is 5.75 Å². The molecule has 1 heterocycles. The zero-order chi connectivity index (χ0) is 24.2. The van der Waals surface area contributed by atoms with Crippen LogP contribution in [0.2, 0.25) is 0 Å². The van der Waals surface area contributed by atoms with E-state index in [4.69, 9.17) is 31.9 Å². The van der Waals surface area contributed by atoms with Gasteiger partial charge in [0.05, 0.1) is 54.5 Å². The van der Waals surface area contributed by atoms with Crippen molar-refractivity contribution in [3.63, 3.8) is 0 Å². The molecule has 1 aliphatic rings. The minimum Gasteiger partial charge on any atom is -0.748 e. The third-order valence-electron chi connectivity index (χ3n) is 3.88. The summed E-state index contributed by atoms with van der Waals surface area (Å²) in [4.78, 5) is 14.3. The number of aromatic hydroxyl groups is 1. The Kier molecular flexibility index (Phi) is 12.0. The topological polar surface area (TPSA) is 166 Å². The lowest BCUT2D eigenvalue weighted by Crippen LogP contribution is -2.87. The Bertz CT molecular complexity index is 867. The van der Waals surface area contributed by atoms with Gasteiger partial charge in [-0.15, -0.1) is 0 Å². The largest absolute Gasteiger partial charge is 0.748 e. The van der Waals surface area contributed by atoms with Crippen molar-refractivity contribution in [1.29, 1.82) is 0 Å². The molecule has 0 saturated heterocycles. The summed E-state index contributed by atoms with van der Waals surface area (Å²) in [6.07, 6.45) is 0.604. The van der Waals surface area contributed by atoms with Gasteiger partial charge in [-0.25, -0.2) is 18.2 Å². The molecular formula is C19H29NO10S2. The molecule has 3 N–H and O–H groups in total. The lowest BCUT2D eigenvalue weighted by Gasteiger charge is -2.09. The van der Waals surface area contributed by atoms with Crippen LogP contribution in [0.1, 0.15) is 12.5 Å². The van der Waals surface area contributed by atoms with Crippen molar-refractivity contribution in [2.75, 3.05) is 58.8 Å². The van der Waals surface area contributed by atoms with Crippen molar-refractivity contribution in [2.45, 2.75) is 12.5 Å². The maximum absolute atomic E-state index is 11.3. The lowest BCUT2D eigenvalue weighted by atomic mass is 10.1. The van der Waals surface area contributed by atoms with E-state index < -0.39 is 21.6 Å². The molecule has 0 aliphatic carbocycles. The van der Waals surface area contributed by atoms with Crippen molar-refractivity contribution in [1.82, 2.24) is 0 Å². The Balaban J connectivity index is 0.000000920. The average Bonchev–Trinajstić information content (AvgIpc) is 3.09. The number of rotatable bonds is 12.